The SMILES string of the molecule is Cc1cc(NS(=O)(=O)c2ccc(NC(=O)NC(C(=O)O)C(C)C)cc2)no1. The summed E-state index contributed by atoms with van der Waals surface area (Å²) in [5, 5.41) is 17.4. The molecule has 11 heteroatoms. The number of anilines is 2. The molecule has 0 spiro atoms. The van der Waals surface area contributed by atoms with Crippen LogP contribution in [0, 0.1) is 12.8 Å². The number of aliphatic carboxylic acids is 1. The predicted octanol–water partition coefficient (Wildman–Crippen LogP) is 2.01. The number of benzene rings is 1. The minimum Gasteiger partial charge on any atom is -0.480 e. The molecule has 1 aromatic carbocycles. The van der Waals surface area contributed by atoms with E-state index in [4.69, 9.17) is 9.63 Å². The molecule has 0 saturated heterocycles. The Morgan fingerprint density at radius 1 is 1.19 bits per heavy atom. The summed E-state index contributed by atoms with van der Waals surface area (Å²) in [4.78, 5) is 23.0. The van der Waals surface area contributed by atoms with E-state index in [-0.39, 0.29) is 16.6 Å². The van der Waals surface area contributed by atoms with Crippen LogP contribution in [-0.2, 0) is 14.8 Å². The maximum Gasteiger partial charge on any atom is 0.326 e. The zero-order valence-corrected chi connectivity index (χ0v) is 15.7. The van der Waals surface area contributed by atoms with E-state index in [1.165, 1.54) is 30.3 Å². The lowest BCUT2D eigenvalue weighted by molar-refractivity contribution is -0.140. The average Bonchev–Trinajstić information content (AvgIpc) is 2.96. The lowest BCUT2D eigenvalue weighted by atomic mass is 10.1. The van der Waals surface area contributed by atoms with Gasteiger partial charge in [0.2, 0.25) is 0 Å². The number of aromatic nitrogens is 1. The Balaban J connectivity index is 2.04. The first-order chi connectivity index (χ1) is 12.6. The Morgan fingerprint density at radius 3 is 2.30 bits per heavy atom. The van der Waals surface area contributed by atoms with E-state index in [9.17, 15) is 18.0 Å². The number of carbonyl (C=O) groups excluding carboxylic acids is 1. The number of aryl methyl sites for hydroxylation is 1. The average molecular weight is 396 g/mol. The van der Waals surface area contributed by atoms with Gasteiger partial charge in [0.05, 0.1) is 4.90 Å². The van der Waals surface area contributed by atoms with Crippen LogP contribution in [0.25, 0.3) is 0 Å². The van der Waals surface area contributed by atoms with Crippen LogP contribution in [0.1, 0.15) is 19.6 Å². The molecule has 10 nitrogen and oxygen atoms in total. The molecule has 4 N–H and O–H groups in total. The summed E-state index contributed by atoms with van der Waals surface area (Å²) >= 11 is 0. The summed E-state index contributed by atoms with van der Waals surface area (Å²) < 4.78 is 31.6. The fourth-order valence-corrected chi connectivity index (χ4v) is 3.13. The number of carboxylic acid groups (broad SMARTS) is 1. The first kappa shape index (κ1) is 20.2. The maximum atomic E-state index is 12.3. The van der Waals surface area contributed by atoms with Crippen molar-refractivity contribution in [3.8, 4) is 0 Å². The van der Waals surface area contributed by atoms with E-state index in [0.717, 1.165) is 0 Å². The number of hydrogen-bond donors (Lipinski definition) is 4. The molecular formula is C16H20N4O6S. The van der Waals surface area contributed by atoms with Gasteiger partial charge in [0.15, 0.2) is 5.82 Å². The molecule has 0 aliphatic carbocycles. The van der Waals surface area contributed by atoms with Crippen molar-refractivity contribution in [1.29, 1.82) is 0 Å². The van der Waals surface area contributed by atoms with E-state index in [0.29, 0.717) is 11.4 Å². The second-order valence-electron chi connectivity index (χ2n) is 6.11. The first-order valence-corrected chi connectivity index (χ1v) is 9.43. The highest BCUT2D eigenvalue weighted by molar-refractivity contribution is 7.92. The zero-order chi connectivity index (χ0) is 20.2. The minimum atomic E-state index is -3.87. The number of sulfonamides is 1. The van der Waals surface area contributed by atoms with Crippen LogP contribution >= 0.6 is 0 Å². The van der Waals surface area contributed by atoms with Gasteiger partial charge in [0.25, 0.3) is 10.0 Å². The monoisotopic (exact) mass is 396 g/mol. The zero-order valence-electron chi connectivity index (χ0n) is 14.9. The van der Waals surface area contributed by atoms with Crippen molar-refractivity contribution in [3.05, 3.63) is 36.1 Å². The van der Waals surface area contributed by atoms with E-state index in [2.05, 4.69) is 20.5 Å². The van der Waals surface area contributed by atoms with Crippen LogP contribution in [0.2, 0.25) is 0 Å². The Hall–Kier alpha value is -3.08. The summed E-state index contributed by atoms with van der Waals surface area (Å²) in [5.41, 5.74) is 0.302. The Kier molecular flexibility index (Phi) is 6.05. The van der Waals surface area contributed by atoms with Gasteiger partial charge >= 0.3 is 12.0 Å². The minimum absolute atomic E-state index is 0.0419. The highest BCUT2D eigenvalue weighted by Crippen LogP contribution is 2.18. The normalized spacial score (nSPS) is 12.4. The van der Waals surface area contributed by atoms with Gasteiger partial charge in [-0.1, -0.05) is 19.0 Å². The van der Waals surface area contributed by atoms with Gasteiger partial charge in [-0.3, -0.25) is 4.72 Å². The van der Waals surface area contributed by atoms with Crippen molar-refractivity contribution in [3.63, 3.8) is 0 Å². The molecule has 27 heavy (non-hydrogen) atoms. The van der Waals surface area contributed by atoms with Crippen molar-refractivity contribution in [2.24, 2.45) is 5.92 Å². The molecule has 0 fully saturated rings. The molecular weight excluding hydrogens is 376 g/mol. The van der Waals surface area contributed by atoms with Crippen LogP contribution in [0.3, 0.4) is 0 Å². The van der Waals surface area contributed by atoms with Gasteiger partial charge < -0.3 is 20.3 Å². The third-order valence-corrected chi connectivity index (χ3v) is 4.88. The topological polar surface area (TPSA) is 151 Å². The quantitative estimate of drug-likeness (QED) is 0.559. The number of carboxylic acids is 1. The fourth-order valence-electron chi connectivity index (χ4n) is 2.15. The largest absolute Gasteiger partial charge is 0.480 e. The van der Waals surface area contributed by atoms with Gasteiger partial charge in [-0.2, -0.15) is 0 Å². The molecule has 0 bridgehead atoms. The van der Waals surface area contributed by atoms with Crippen LogP contribution in [0.15, 0.2) is 39.8 Å². The summed E-state index contributed by atoms with van der Waals surface area (Å²) in [7, 11) is -3.87. The molecule has 0 radical (unpaired) electrons. The molecule has 1 aromatic heterocycles. The number of carbonyl (C=O) groups is 2. The lowest BCUT2D eigenvalue weighted by Crippen LogP contribution is -2.46. The van der Waals surface area contributed by atoms with Crippen molar-refractivity contribution in [1.82, 2.24) is 10.5 Å². The molecule has 0 aliphatic rings. The molecule has 146 valence electrons. The number of nitrogens with one attached hydrogen (secondary N) is 3. The van der Waals surface area contributed by atoms with Crippen LogP contribution in [-0.4, -0.2) is 36.7 Å². The predicted molar refractivity (Wildman–Crippen MR) is 96.9 cm³/mol. The van der Waals surface area contributed by atoms with Crippen LogP contribution < -0.4 is 15.4 Å². The third-order valence-electron chi connectivity index (χ3n) is 3.51. The highest BCUT2D eigenvalue weighted by atomic mass is 32.2. The number of hydrogen-bond acceptors (Lipinski definition) is 6. The Labute approximate surface area is 156 Å². The lowest BCUT2D eigenvalue weighted by Gasteiger charge is -2.18. The van der Waals surface area contributed by atoms with Crippen molar-refractivity contribution in [2.75, 3.05) is 10.0 Å². The van der Waals surface area contributed by atoms with Crippen LogP contribution in [0.5, 0.6) is 0 Å². The molecule has 2 aromatic rings. The molecule has 2 rings (SSSR count). The number of rotatable bonds is 7. The third kappa shape index (κ3) is 5.45. The first-order valence-electron chi connectivity index (χ1n) is 7.95. The smallest absolute Gasteiger partial charge is 0.326 e. The van der Waals surface area contributed by atoms with Gasteiger partial charge in [-0.25, -0.2) is 18.0 Å². The molecule has 1 heterocycles. The molecule has 2 amide bonds. The van der Waals surface area contributed by atoms with E-state index < -0.39 is 28.1 Å². The second kappa shape index (κ2) is 8.08. The van der Waals surface area contributed by atoms with Crippen molar-refractivity contribution < 1.29 is 27.6 Å². The summed E-state index contributed by atoms with van der Waals surface area (Å²) in [6, 6.07) is 5.04. The summed E-state index contributed by atoms with van der Waals surface area (Å²) in [6.45, 7) is 4.97. The van der Waals surface area contributed by atoms with Crippen molar-refractivity contribution in [2.45, 2.75) is 31.7 Å². The summed E-state index contributed by atoms with van der Waals surface area (Å²) in [6.07, 6.45) is 0. The van der Waals surface area contributed by atoms with Crippen molar-refractivity contribution >= 4 is 33.5 Å². The van der Waals surface area contributed by atoms with E-state index >= 15 is 0 Å². The Morgan fingerprint density at radius 2 is 1.81 bits per heavy atom. The number of urea groups is 1. The van der Waals surface area contributed by atoms with Gasteiger partial charge in [0.1, 0.15) is 11.8 Å². The molecule has 0 saturated carbocycles. The summed E-state index contributed by atoms with van der Waals surface area (Å²) in [5.74, 6) is -0.926. The highest BCUT2D eigenvalue weighted by Gasteiger charge is 2.23. The number of amides is 2. The standard InChI is InChI=1S/C16H20N4O6S/c1-9(2)14(15(21)22)18-16(23)17-11-4-6-12(7-5-11)27(24,25)20-13-8-10(3)26-19-13/h4-9,14H,1-3H3,(H,19,20)(H,21,22)(H2,17,18,23). The second-order valence-corrected chi connectivity index (χ2v) is 7.79. The van der Waals surface area contributed by atoms with E-state index in [1.807, 2.05) is 0 Å². The molecule has 1 unspecified atom stereocenters. The van der Waals surface area contributed by atoms with Crippen LogP contribution in [0.4, 0.5) is 16.3 Å². The van der Waals surface area contributed by atoms with E-state index in [1.54, 1.807) is 20.8 Å². The Bertz CT molecular complexity index is 921. The van der Waals surface area contributed by atoms with Gasteiger partial charge in [0, 0.05) is 11.8 Å². The maximum absolute atomic E-state index is 12.3. The van der Waals surface area contributed by atoms with Gasteiger partial charge in [-0.05, 0) is 37.1 Å². The number of nitrogens with zero attached hydrogens (tertiary/aromatic N) is 1. The molecule has 0 aliphatic heterocycles. The molecule has 1 atom stereocenters. The fraction of sp³-hybridized carbons (Fsp3) is 0.312. The van der Waals surface area contributed by atoms with Gasteiger partial charge in [-0.15, -0.1) is 0 Å².